The number of anilines is 2. The van der Waals surface area contributed by atoms with Gasteiger partial charge in [0.05, 0.1) is 14.2 Å². The van der Waals surface area contributed by atoms with E-state index in [9.17, 15) is 5.26 Å². The normalized spacial score (nSPS) is 10.5. The number of oxazole rings is 1. The fraction of sp³-hybridized carbons (Fsp3) is 0.100. The number of nitrogens with one attached hydrogen (secondary N) is 1. The average molecular weight is 347 g/mol. The second-order valence-corrected chi connectivity index (χ2v) is 5.27. The summed E-state index contributed by atoms with van der Waals surface area (Å²) in [5, 5.41) is 12.3. The molecule has 3 rings (SSSR count). The van der Waals surface area contributed by atoms with Crippen LogP contribution in [0.25, 0.3) is 12.2 Å². The Morgan fingerprint density at radius 1 is 1.04 bits per heavy atom. The average Bonchev–Trinajstić information content (AvgIpc) is 3.09. The van der Waals surface area contributed by atoms with Gasteiger partial charge in [0, 0.05) is 17.3 Å². The lowest BCUT2D eigenvalue weighted by atomic mass is 10.2. The van der Waals surface area contributed by atoms with Gasteiger partial charge in [-0.05, 0) is 36.4 Å². The molecule has 2 aromatic carbocycles. The standard InChI is InChI=1S/C20H17N3O3/c1-24-16-10-8-15(9-11-16)22-20-17(13-21)23-19(26-20)12-7-14-5-3-4-6-18(14)25-2/h3-12,22H,1-2H3/b12-7+. The highest BCUT2D eigenvalue weighted by molar-refractivity contribution is 5.71. The van der Waals surface area contributed by atoms with Crippen molar-refractivity contribution in [2.24, 2.45) is 0 Å². The molecule has 1 heterocycles. The molecule has 0 amide bonds. The van der Waals surface area contributed by atoms with Crippen molar-refractivity contribution in [3.8, 4) is 17.6 Å². The van der Waals surface area contributed by atoms with Crippen LogP contribution in [0.3, 0.4) is 0 Å². The zero-order chi connectivity index (χ0) is 18.4. The van der Waals surface area contributed by atoms with Crippen LogP contribution in [0.5, 0.6) is 11.5 Å². The zero-order valence-corrected chi connectivity index (χ0v) is 14.4. The summed E-state index contributed by atoms with van der Waals surface area (Å²) >= 11 is 0. The van der Waals surface area contributed by atoms with Crippen molar-refractivity contribution in [2.75, 3.05) is 19.5 Å². The maximum Gasteiger partial charge on any atom is 0.236 e. The van der Waals surface area contributed by atoms with E-state index in [0.29, 0.717) is 5.89 Å². The quantitative estimate of drug-likeness (QED) is 0.708. The number of nitriles is 1. The van der Waals surface area contributed by atoms with Gasteiger partial charge in [0.15, 0.2) is 0 Å². The van der Waals surface area contributed by atoms with Crippen LogP contribution in [-0.4, -0.2) is 19.2 Å². The molecule has 0 atom stereocenters. The van der Waals surface area contributed by atoms with Crippen molar-refractivity contribution in [1.29, 1.82) is 5.26 Å². The smallest absolute Gasteiger partial charge is 0.236 e. The van der Waals surface area contributed by atoms with Gasteiger partial charge in [0.2, 0.25) is 17.5 Å². The molecule has 1 N–H and O–H groups in total. The largest absolute Gasteiger partial charge is 0.497 e. The minimum Gasteiger partial charge on any atom is -0.497 e. The number of hydrogen-bond donors (Lipinski definition) is 1. The molecule has 0 aliphatic carbocycles. The molecule has 6 nitrogen and oxygen atoms in total. The van der Waals surface area contributed by atoms with Gasteiger partial charge < -0.3 is 19.2 Å². The fourth-order valence-electron chi connectivity index (χ4n) is 2.34. The summed E-state index contributed by atoms with van der Waals surface area (Å²) in [7, 11) is 3.22. The highest BCUT2D eigenvalue weighted by Gasteiger charge is 2.12. The van der Waals surface area contributed by atoms with Crippen LogP contribution in [0.15, 0.2) is 52.9 Å². The van der Waals surface area contributed by atoms with Gasteiger partial charge in [0.1, 0.15) is 17.6 Å². The highest BCUT2D eigenvalue weighted by Crippen LogP contribution is 2.25. The molecule has 0 spiro atoms. The third-order valence-electron chi connectivity index (χ3n) is 3.64. The number of para-hydroxylation sites is 1. The predicted octanol–water partition coefficient (Wildman–Crippen LogP) is 4.48. The van der Waals surface area contributed by atoms with Gasteiger partial charge in [-0.25, -0.2) is 0 Å². The summed E-state index contributed by atoms with van der Waals surface area (Å²) in [6.07, 6.45) is 3.51. The second kappa shape index (κ2) is 7.90. The summed E-state index contributed by atoms with van der Waals surface area (Å²) in [5.41, 5.74) is 1.83. The van der Waals surface area contributed by atoms with Gasteiger partial charge in [-0.15, -0.1) is 0 Å². The van der Waals surface area contributed by atoms with E-state index in [1.54, 1.807) is 20.3 Å². The van der Waals surface area contributed by atoms with Gasteiger partial charge >= 0.3 is 0 Å². The Bertz CT molecular complexity index is 953. The molecule has 0 saturated carbocycles. The Balaban J connectivity index is 1.82. The molecular formula is C20H17N3O3. The highest BCUT2D eigenvalue weighted by atomic mass is 16.5. The summed E-state index contributed by atoms with van der Waals surface area (Å²) in [6.45, 7) is 0. The molecule has 3 aromatic rings. The summed E-state index contributed by atoms with van der Waals surface area (Å²) in [5.74, 6) is 2.10. The first-order valence-electron chi connectivity index (χ1n) is 7.86. The third kappa shape index (κ3) is 3.84. The van der Waals surface area contributed by atoms with E-state index in [2.05, 4.69) is 10.3 Å². The first-order valence-corrected chi connectivity index (χ1v) is 7.86. The maximum absolute atomic E-state index is 9.28. The molecule has 6 heteroatoms. The van der Waals surface area contributed by atoms with Crippen LogP contribution in [0.4, 0.5) is 11.6 Å². The van der Waals surface area contributed by atoms with Crippen molar-refractivity contribution in [3.05, 3.63) is 65.7 Å². The number of ether oxygens (including phenoxy) is 2. The van der Waals surface area contributed by atoms with Crippen LogP contribution >= 0.6 is 0 Å². The van der Waals surface area contributed by atoms with Gasteiger partial charge in [0.25, 0.3) is 0 Å². The molecule has 0 aliphatic rings. The number of aromatic nitrogens is 1. The fourth-order valence-corrected chi connectivity index (χ4v) is 2.34. The molecular weight excluding hydrogens is 330 g/mol. The van der Waals surface area contributed by atoms with Crippen LogP contribution in [0, 0.1) is 11.3 Å². The number of methoxy groups -OCH3 is 2. The SMILES string of the molecule is COc1ccc(Nc2oc(/C=C/c3ccccc3OC)nc2C#N)cc1. The van der Waals surface area contributed by atoms with Crippen molar-refractivity contribution in [3.63, 3.8) is 0 Å². The monoisotopic (exact) mass is 347 g/mol. The van der Waals surface area contributed by atoms with E-state index in [1.165, 1.54) is 0 Å². The van der Waals surface area contributed by atoms with E-state index in [1.807, 2.05) is 60.7 Å². The Labute approximate surface area is 151 Å². The number of rotatable bonds is 6. The minimum atomic E-state index is 0.181. The first kappa shape index (κ1) is 17.1. The first-order chi connectivity index (χ1) is 12.7. The molecule has 0 unspecified atom stereocenters. The van der Waals surface area contributed by atoms with Gasteiger partial charge in [-0.3, -0.25) is 0 Å². The van der Waals surface area contributed by atoms with Crippen LogP contribution in [0.2, 0.25) is 0 Å². The lowest BCUT2D eigenvalue weighted by Crippen LogP contribution is -1.91. The predicted molar refractivity (Wildman–Crippen MR) is 99.4 cm³/mol. The second-order valence-electron chi connectivity index (χ2n) is 5.27. The number of nitrogens with zero attached hydrogens (tertiary/aromatic N) is 2. The summed E-state index contributed by atoms with van der Waals surface area (Å²) in [6, 6.07) is 16.9. The maximum atomic E-state index is 9.28. The number of benzene rings is 2. The Kier molecular flexibility index (Phi) is 5.20. The van der Waals surface area contributed by atoms with Crippen LogP contribution in [0.1, 0.15) is 17.1 Å². The molecule has 1 aromatic heterocycles. The van der Waals surface area contributed by atoms with Crippen LogP contribution in [-0.2, 0) is 0 Å². The molecule has 0 bridgehead atoms. The van der Waals surface area contributed by atoms with E-state index in [-0.39, 0.29) is 11.6 Å². The van der Waals surface area contributed by atoms with E-state index < -0.39 is 0 Å². The lowest BCUT2D eigenvalue weighted by molar-refractivity contribution is 0.414. The van der Waals surface area contributed by atoms with Gasteiger partial charge in [-0.2, -0.15) is 10.2 Å². The summed E-state index contributed by atoms with van der Waals surface area (Å²) < 4.78 is 16.1. The van der Waals surface area contributed by atoms with Crippen molar-refractivity contribution in [2.45, 2.75) is 0 Å². The molecule has 0 aliphatic heterocycles. The Morgan fingerprint density at radius 3 is 2.50 bits per heavy atom. The topological polar surface area (TPSA) is 80.3 Å². The van der Waals surface area contributed by atoms with E-state index in [0.717, 1.165) is 22.7 Å². The molecule has 0 saturated heterocycles. The summed E-state index contributed by atoms with van der Waals surface area (Å²) in [4.78, 5) is 4.19. The Morgan fingerprint density at radius 2 is 1.81 bits per heavy atom. The number of hydrogen-bond acceptors (Lipinski definition) is 6. The molecule has 0 fully saturated rings. The zero-order valence-electron chi connectivity index (χ0n) is 14.4. The van der Waals surface area contributed by atoms with E-state index in [4.69, 9.17) is 13.9 Å². The van der Waals surface area contributed by atoms with Crippen LogP contribution < -0.4 is 14.8 Å². The van der Waals surface area contributed by atoms with Crippen molar-refractivity contribution < 1.29 is 13.9 Å². The van der Waals surface area contributed by atoms with Crippen molar-refractivity contribution >= 4 is 23.7 Å². The van der Waals surface area contributed by atoms with E-state index >= 15 is 0 Å². The Hall–Kier alpha value is -3.72. The van der Waals surface area contributed by atoms with Gasteiger partial charge in [-0.1, -0.05) is 18.2 Å². The molecule has 26 heavy (non-hydrogen) atoms. The lowest BCUT2D eigenvalue weighted by Gasteiger charge is -2.04. The molecule has 0 radical (unpaired) electrons. The van der Waals surface area contributed by atoms with Crippen molar-refractivity contribution in [1.82, 2.24) is 4.98 Å². The molecule has 130 valence electrons. The third-order valence-corrected chi connectivity index (χ3v) is 3.64. The minimum absolute atomic E-state index is 0.181.